The van der Waals surface area contributed by atoms with Crippen LogP contribution in [0.25, 0.3) is 0 Å². The highest BCUT2D eigenvalue weighted by Crippen LogP contribution is 2.39. The normalized spacial score (nSPS) is 17.2. The van der Waals surface area contributed by atoms with Crippen molar-refractivity contribution in [2.45, 2.75) is 32.6 Å². The number of halogens is 1. The van der Waals surface area contributed by atoms with E-state index in [1.165, 1.54) is 0 Å². The topological polar surface area (TPSA) is 52.9 Å². The van der Waals surface area contributed by atoms with Crippen LogP contribution >= 0.6 is 11.6 Å². The molecule has 1 aliphatic rings. The summed E-state index contributed by atoms with van der Waals surface area (Å²) in [6.07, 6.45) is 3.14. The van der Waals surface area contributed by atoms with E-state index in [-0.39, 0.29) is 5.91 Å². The third-order valence-electron chi connectivity index (χ3n) is 3.55. The number of hydrogen-bond donors (Lipinski definition) is 1. The van der Waals surface area contributed by atoms with Crippen LogP contribution in [0.3, 0.4) is 0 Å². The molecule has 2 rings (SSSR count). The lowest BCUT2D eigenvalue weighted by Crippen LogP contribution is -2.32. The van der Waals surface area contributed by atoms with Crippen LogP contribution in [0.2, 0.25) is 5.02 Å². The summed E-state index contributed by atoms with van der Waals surface area (Å²) in [6.45, 7) is 1.88. The molecule has 1 N–H and O–H groups in total. The SMILES string of the molecule is Cc1cccc(NC(=O)C2(C#N)CCCC2)c1Cl. The zero-order chi connectivity index (χ0) is 13.2. The fourth-order valence-corrected chi connectivity index (χ4v) is 2.53. The molecule has 1 aromatic carbocycles. The number of benzene rings is 1. The zero-order valence-corrected chi connectivity index (χ0v) is 11.0. The Morgan fingerprint density at radius 3 is 2.72 bits per heavy atom. The first-order valence-corrected chi connectivity index (χ1v) is 6.45. The molecular weight excluding hydrogens is 248 g/mol. The van der Waals surface area contributed by atoms with Gasteiger partial charge in [0.05, 0.1) is 16.8 Å². The van der Waals surface area contributed by atoms with Gasteiger partial charge in [0, 0.05) is 0 Å². The molecule has 94 valence electrons. The summed E-state index contributed by atoms with van der Waals surface area (Å²) in [5.41, 5.74) is 0.627. The number of nitrogens with zero attached hydrogens (tertiary/aromatic N) is 1. The lowest BCUT2D eigenvalue weighted by atomic mass is 9.87. The predicted molar refractivity (Wildman–Crippen MR) is 71.3 cm³/mol. The number of nitrogens with one attached hydrogen (secondary N) is 1. The van der Waals surface area contributed by atoms with Crippen molar-refractivity contribution in [3.8, 4) is 6.07 Å². The number of nitriles is 1. The van der Waals surface area contributed by atoms with E-state index in [4.69, 9.17) is 11.6 Å². The van der Waals surface area contributed by atoms with Gasteiger partial charge >= 0.3 is 0 Å². The van der Waals surface area contributed by atoms with E-state index in [9.17, 15) is 10.1 Å². The van der Waals surface area contributed by atoms with Crippen LogP contribution in [0.15, 0.2) is 18.2 Å². The Morgan fingerprint density at radius 2 is 2.11 bits per heavy atom. The van der Waals surface area contributed by atoms with Crippen LogP contribution < -0.4 is 5.32 Å². The summed E-state index contributed by atoms with van der Waals surface area (Å²) in [5.74, 6) is -0.227. The van der Waals surface area contributed by atoms with Crippen LogP contribution in [0, 0.1) is 23.7 Å². The number of anilines is 1. The molecule has 1 amide bonds. The lowest BCUT2D eigenvalue weighted by Gasteiger charge is -2.20. The Balaban J connectivity index is 2.22. The number of carbonyl (C=O) groups is 1. The van der Waals surface area contributed by atoms with E-state index in [0.29, 0.717) is 23.6 Å². The smallest absolute Gasteiger partial charge is 0.244 e. The summed E-state index contributed by atoms with van der Waals surface area (Å²) < 4.78 is 0. The standard InChI is InChI=1S/C14H15ClN2O/c1-10-5-4-6-11(12(10)15)17-13(18)14(9-16)7-2-3-8-14/h4-6H,2-3,7-8H2,1H3,(H,17,18). The number of aryl methyl sites for hydroxylation is 1. The van der Waals surface area contributed by atoms with Crippen LogP contribution in [0.5, 0.6) is 0 Å². The second-order valence-electron chi connectivity index (χ2n) is 4.79. The third kappa shape index (κ3) is 2.21. The Bertz CT molecular complexity index is 513. The van der Waals surface area contributed by atoms with Crippen LogP contribution in [0.4, 0.5) is 5.69 Å². The molecule has 18 heavy (non-hydrogen) atoms. The summed E-state index contributed by atoms with van der Waals surface area (Å²) in [7, 11) is 0. The van der Waals surface area contributed by atoms with Gasteiger partial charge in [-0.05, 0) is 31.4 Å². The minimum Gasteiger partial charge on any atom is -0.323 e. The molecular formula is C14H15ClN2O. The van der Waals surface area contributed by atoms with Crippen molar-refractivity contribution in [2.75, 3.05) is 5.32 Å². The summed E-state index contributed by atoms with van der Waals surface area (Å²) in [5, 5.41) is 12.6. The molecule has 0 aromatic heterocycles. The van der Waals surface area contributed by atoms with Gasteiger partial charge in [0.25, 0.3) is 0 Å². The zero-order valence-electron chi connectivity index (χ0n) is 10.3. The molecule has 4 heteroatoms. The summed E-state index contributed by atoms with van der Waals surface area (Å²) in [4.78, 5) is 12.2. The molecule has 3 nitrogen and oxygen atoms in total. The minimum absolute atomic E-state index is 0.227. The largest absolute Gasteiger partial charge is 0.323 e. The van der Waals surface area contributed by atoms with Gasteiger partial charge in [0.2, 0.25) is 5.91 Å². The van der Waals surface area contributed by atoms with Crippen molar-refractivity contribution in [3.63, 3.8) is 0 Å². The molecule has 0 spiro atoms. The molecule has 0 radical (unpaired) electrons. The van der Waals surface area contributed by atoms with Crippen LogP contribution in [-0.4, -0.2) is 5.91 Å². The van der Waals surface area contributed by atoms with E-state index in [1.807, 2.05) is 19.1 Å². The monoisotopic (exact) mass is 262 g/mol. The van der Waals surface area contributed by atoms with Gasteiger partial charge in [-0.1, -0.05) is 36.6 Å². The van der Waals surface area contributed by atoms with Crippen molar-refractivity contribution in [1.29, 1.82) is 5.26 Å². The van der Waals surface area contributed by atoms with Gasteiger partial charge in [0.15, 0.2) is 0 Å². The molecule has 0 aliphatic heterocycles. The average Bonchev–Trinajstić information content (AvgIpc) is 2.85. The fraction of sp³-hybridized carbons (Fsp3) is 0.429. The van der Waals surface area contributed by atoms with Gasteiger partial charge in [-0.2, -0.15) is 5.26 Å². The number of carbonyl (C=O) groups excluding carboxylic acids is 1. The van der Waals surface area contributed by atoms with Crippen molar-refractivity contribution in [3.05, 3.63) is 28.8 Å². The highest BCUT2D eigenvalue weighted by Gasteiger charge is 2.41. The number of hydrogen-bond acceptors (Lipinski definition) is 2. The molecule has 1 aliphatic carbocycles. The first kappa shape index (κ1) is 12.9. The van der Waals surface area contributed by atoms with E-state index in [0.717, 1.165) is 18.4 Å². The van der Waals surface area contributed by atoms with Crippen molar-refractivity contribution < 1.29 is 4.79 Å². The van der Waals surface area contributed by atoms with Crippen LogP contribution in [0.1, 0.15) is 31.2 Å². The first-order chi connectivity index (χ1) is 8.59. The Hall–Kier alpha value is -1.53. The maximum atomic E-state index is 12.2. The van der Waals surface area contributed by atoms with Gasteiger partial charge in [0.1, 0.15) is 5.41 Å². The van der Waals surface area contributed by atoms with Gasteiger partial charge < -0.3 is 5.32 Å². The lowest BCUT2D eigenvalue weighted by molar-refractivity contribution is -0.122. The van der Waals surface area contributed by atoms with Crippen molar-refractivity contribution >= 4 is 23.2 Å². The highest BCUT2D eigenvalue weighted by atomic mass is 35.5. The molecule has 0 heterocycles. The van der Waals surface area contributed by atoms with Gasteiger partial charge in [-0.15, -0.1) is 0 Å². The molecule has 1 saturated carbocycles. The summed E-state index contributed by atoms with van der Waals surface area (Å²) in [6, 6.07) is 7.65. The molecule has 0 unspecified atom stereocenters. The quantitative estimate of drug-likeness (QED) is 0.884. The van der Waals surface area contributed by atoms with E-state index in [1.54, 1.807) is 6.07 Å². The molecule has 0 saturated heterocycles. The number of rotatable bonds is 2. The maximum Gasteiger partial charge on any atom is 0.244 e. The van der Waals surface area contributed by atoms with Crippen LogP contribution in [-0.2, 0) is 4.79 Å². The Kier molecular flexibility index (Phi) is 3.58. The third-order valence-corrected chi connectivity index (χ3v) is 4.05. The van der Waals surface area contributed by atoms with E-state index < -0.39 is 5.41 Å². The second-order valence-corrected chi connectivity index (χ2v) is 5.17. The van der Waals surface area contributed by atoms with Gasteiger partial charge in [-0.25, -0.2) is 0 Å². The van der Waals surface area contributed by atoms with E-state index >= 15 is 0 Å². The fourth-order valence-electron chi connectivity index (χ4n) is 2.35. The molecule has 0 bridgehead atoms. The van der Waals surface area contributed by atoms with Crippen molar-refractivity contribution in [1.82, 2.24) is 0 Å². The first-order valence-electron chi connectivity index (χ1n) is 6.07. The molecule has 0 atom stereocenters. The average molecular weight is 263 g/mol. The molecule has 1 aromatic rings. The Morgan fingerprint density at radius 1 is 1.44 bits per heavy atom. The predicted octanol–water partition coefficient (Wildman–Crippen LogP) is 3.67. The highest BCUT2D eigenvalue weighted by molar-refractivity contribution is 6.34. The Labute approximate surface area is 112 Å². The number of amides is 1. The second kappa shape index (κ2) is 4.99. The minimum atomic E-state index is -0.868. The van der Waals surface area contributed by atoms with Crippen molar-refractivity contribution in [2.24, 2.45) is 5.41 Å². The van der Waals surface area contributed by atoms with E-state index in [2.05, 4.69) is 11.4 Å². The molecule has 1 fully saturated rings. The summed E-state index contributed by atoms with van der Waals surface area (Å²) >= 11 is 6.13. The maximum absolute atomic E-state index is 12.2. The van der Waals surface area contributed by atoms with Gasteiger partial charge in [-0.3, -0.25) is 4.79 Å².